The maximum absolute atomic E-state index is 12.5. The molecule has 4 aromatic rings. The summed E-state index contributed by atoms with van der Waals surface area (Å²) < 4.78 is 6.12. The Morgan fingerprint density at radius 3 is 2.67 bits per heavy atom. The molecule has 1 aromatic heterocycles. The van der Waals surface area contributed by atoms with Crippen LogP contribution in [0.4, 0.5) is 5.69 Å². The van der Waals surface area contributed by atoms with E-state index in [1.807, 2.05) is 60.7 Å². The fourth-order valence-electron chi connectivity index (χ4n) is 4.00. The van der Waals surface area contributed by atoms with Crippen LogP contribution in [0.15, 0.2) is 83.3 Å². The van der Waals surface area contributed by atoms with E-state index in [1.54, 1.807) is 6.08 Å². The van der Waals surface area contributed by atoms with Gasteiger partial charge in [0.2, 0.25) is 11.8 Å². The molecule has 2 N–H and O–H groups in total. The number of para-hydroxylation sites is 1. The minimum absolute atomic E-state index is 0.208. The number of anilines is 1. The molecule has 0 unspecified atom stereocenters. The van der Waals surface area contributed by atoms with E-state index in [2.05, 4.69) is 32.7 Å². The minimum Gasteiger partial charge on any atom is -0.436 e. The molecule has 1 amide bonds. The quantitative estimate of drug-likeness (QED) is 0.432. The minimum atomic E-state index is -0.208. The molecule has 1 saturated heterocycles. The van der Waals surface area contributed by atoms with E-state index >= 15 is 0 Å². The number of hydrogen-bond acceptors (Lipinski definition) is 5. The fourth-order valence-corrected chi connectivity index (χ4v) is 4.00. The first kappa shape index (κ1) is 21.1. The summed E-state index contributed by atoms with van der Waals surface area (Å²) in [6.07, 6.45) is 3.32. The largest absolute Gasteiger partial charge is 0.436 e. The van der Waals surface area contributed by atoms with E-state index in [1.165, 1.54) is 11.6 Å². The van der Waals surface area contributed by atoms with Crippen molar-refractivity contribution in [3.05, 3.63) is 90.0 Å². The molecule has 0 aliphatic carbocycles. The van der Waals surface area contributed by atoms with E-state index in [0.29, 0.717) is 11.6 Å². The zero-order chi connectivity index (χ0) is 22.5. The van der Waals surface area contributed by atoms with Gasteiger partial charge in [-0.05, 0) is 41.5 Å². The molecule has 2 heterocycles. The zero-order valence-electron chi connectivity index (χ0n) is 18.3. The Labute approximate surface area is 192 Å². The number of carbonyl (C=O) groups is 1. The van der Waals surface area contributed by atoms with Crippen molar-refractivity contribution in [1.29, 1.82) is 0 Å². The van der Waals surface area contributed by atoms with Crippen molar-refractivity contribution >= 4 is 28.8 Å². The second-order valence-corrected chi connectivity index (χ2v) is 8.13. The van der Waals surface area contributed by atoms with Gasteiger partial charge >= 0.3 is 0 Å². The van der Waals surface area contributed by atoms with Crippen LogP contribution in [-0.4, -0.2) is 42.0 Å². The molecule has 0 atom stereocenters. The number of hydrogen-bond donors (Lipinski definition) is 2. The van der Waals surface area contributed by atoms with Gasteiger partial charge in [-0.15, -0.1) is 0 Å². The standard InChI is InChI=1S/C27H26N4O2/c32-26(13-11-20-6-2-1-3-7-20)29-23-9-5-4-8-22(23)27-30-24-12-10-21(18-25(24)33-27)19-31-16-14-28-15-17-31/h1-13,18,28H,14-17,19H2,(H,29,32)/b13-11+. The first-order valence-electron chi connectivity index (χ1n) is 11.2. The van der Waals surface area contributed by atoms with Crippen LogP contribution in [0.25, 0.3) is 28.6 Å². The maximum atomic E-state index is 12.5. The summed E-state index contributed by atoms with van der Waals surface area (Å²) in [4.78, 5) is 19.6. The molecule has 1 aliphatic heterocycles. The Hall–Kier alpha value is -3.74. The van der Waals surface area contributed by atoms with Gasteiger partial charge in [-0.2, -0.15) is 0 Å². The Kier molecular flexibility index (Phi) is 6.28. The lowest BCUT2D eigenvalue weighted by Gasteiger charge is -2.27. The average molecular weight is 439 g/mol. The summed E-state index contributed by atoms with van der Waals surface area (Å²) in [5.74, 6) is 0.285. The number of fused-ring (bicyclic) bond motifs is 1. The Bertz CT molecular complexity index is 1270. The smallest absolute Gasteiger partial charge is 0.248 e. The number of rotatable bonds is 6. The Morgan fingerprint density at radius 1 is 1.03 bits per heavy atom. The summed E-state index contributed by atoms with van der Waals surface area (Å²) in [6.45, 7) is 5.04. The van der Waals surface area contributed by atoms with Crippen molar-refractivity contribution in [1.82, 2.24) is 15.2 Å². The lowest BCUT2D eigenvalue weighted by molar-refractivity contribution is -0.111. The number of piperazine rings is 1. The Balaban J connectivity index is 1.35. The highest BCUT2D eigenvalue weighted by molar-refractivity contribution is 6.04. The van der Waals surface area contributed by atoms with Crippen LogP contribution in [0.2, 0.25) is 0 Å². The number of benzene rings is 3. The van der Waals surface area contributed by atoms with Gasteiger partial charge in [-0.1, -0.05) is 48.5 Å². The first-order chi connectivity index (χ1) is 16.2. The van der Waals surface area contributed by atoms with Gasteiger partial charge in [-0.25, -0.2) is 4.98 Å². The van der Waals surface area contributed by atoms with Crippen LogP contribution in [0.3, 0.4) is 0 Å². The zero-order valence-corrected chi connectivity index (χ0v) is 18.3. The molecular formula is C27H26N4O2. The van der Waals surface area contributed by atoms with Gasteiger partial charge in [0.15, 0.2) is 5.58 Å². The second-order valence-electron chi connectivity index (χ2n) is 8.13. The van der Waals surface area contributed by atoms with E-state index in [9.17, 15) is 4.79 Å². The van der Waals surface area contributed by atoms with Crippen LogP contribution in [0, 0.1) is 0 Å². The third kappa shape index (κ3) is 5.19. The molecular weight excluding hydrogens is 412 g/mol. The van der Waals surface area contributed by atoms with Crippen molar-refractivity contribution in [2.45, 2.75) is 6.54 Å². The molecule has 0 spiro atoms. The van der Waals surface area contributed by atoms with Crippen LogP contribution in [-0.2, 0) is 11.3 Å². The summed E-state index contributed by atoms with van der Waals surface area (Å²) >= 11 is 0. The number of nitrogens with one attached hydrogen (secondary N) is 2. The normalized spacial score (nSPS) is 14.7. The molecule has 0 saturated carbocycles. The van der Waals surface area contributed by atoms with Gasteiger partial charge in [0, 0.05) is 38.8 Å². The lowest BCUT2D eigenvalue weighted by Crippen LogP contribution is -2.42. The lowest BCUT2D eigenvalue weighted by atomic mass is 10.1. The number of aromatic nitrogens is 1. The van der Waals surface area contributed by atoms with Gasteiger partial charge in [0.1, 0.15) is 5.52 Å². The summed E-state index contributed by atoms with van der Waals surface area (Å²) in [7, 11) is 0. The number of amides is 1. The monoisotopic (exact) mass is 438 g/mol. The van der Waals surface area contributed by atoms with E-state index < -0.39 is 0 Å². The summed E-state index contributed by atoms with van der Waals surface area (Å²) in [5.41, 5.74) is 5.14. The molecule has 1 fully saturated rings. The van der Waals surface area contributed by atoms with Gasteiger partial charge in [0.05, 0.1) is 11.3 Å². The molecule has 166 valence electrons. The van der Waals surface area contributed by atoms with Crippen molar-refractivity contribution < 1.29 is 9.21 Å². The van der Waals surface area contributed by atoms with Gasteiger partial charge < -0.3 is 15.1 Å². The predicted octanol–water partition coefficient (Wildman–Crippen LogP) is 4.55. The first-order valence-corrected chi connectivity index (χ1v) is 11.2. The predicted molar refractivity (Wildman–Crippen MR) is 132 cm³/mol. The number of oxazole rings is 1. The highest BCUT2D eigenvalue weighted by Crippen LogP contribution is 2.30. The molecule has 0 radical (unpaired) electrons. The Morgan fingerprint density at radius 2 is 1.82 bits per heavy atom. The summed E-state index contributed by atoms with van der Waals surface area (Å²) in [5, 5.41) is 6.33. The molecule has 0 bridgehead atoms. The topological polar surface area (TPSA) is 70.4 Å². The van der Waals surface area contributed by atoms with Crippen molar-refractivity contribution in [2.24, 2.45) is 0 Å². The molecule has 3 aromatic carbocycles. The third-order valence-electron chi connectivity index (χ3n) is 5.71. The van der Waals surface area contributed by atoms with Gasteiger partial charge in [-0.3, -0.25) is 9.69 Å². The van der Waals surface area contributed by atoms with Crippen molar-refractivity contribution in [3.8, 4) is 11.5 Å². The molecule has 33 heavy (non-hydrogen) atoms. The number of carbonyl (C=O) groups excluding carboxylic acids is 1. The maximum Gasteiger partial charge on any atom is 0.248 e. The molecule has 5 rings (SSSR count). The van der Waals surface area contributed by atoms with Crippen LogP contribution in [0.5, 0.6) is 0 Å². The molecule has 6 nitrogen and oxygen atoms in total. The second kappa shape index (κ2) is 9.81. The summed E-state index contributed by atoms with van der Waals surface area (Å²) in [6, 6.07) is 23.5. The van der Waals surface area contributed by atoms with Crippen molar-refractivity contribution in [3.63, 3.8) is 0 Å². The van der Waals surface area contributed by atoms with Crippen LogP contribution < -0.4 is 10.6 Å². The van der Waals surface area contributed by atoms with E-state index in [4.69, 9.17) is 4.42 Å². The SMILES string of the molecule is O=C(/C=C/c1ccccc1)Nc1ccccc1-c1nc2ccc(CN3CCNCC3)cc2o1. The van der Waals surface area contributed by atoms with E-state index in [-0.39, 0.29) is 5.91 Å². The highest BCUT2D eigenvalue weighted by atomic mass is 16.3. The molecule has 6 heteroatoms. The number of nitrogens with zero attached hydrogens (tertiary/aromatic N) is 2. The van der Waals surface area contributed by atoms with Crippen molar-refractivity contribution in [2.75, 3.05) is 31.5 Å². The highest BCUT2D eigenvalue weighted by Gasteiger charge is 2.15. The van der Waals surface area contributed by atoms with Gasteiger partial charge in [0.25, 0.3) is 0 Å². The fraction of sp³-hybridized carbons (Fsp3) is 0.185. The van der Waals surface area contributed by atoms with Crippen LogP contribution >= 0.6 is 0 Å². The average Bonchev–Trinajstić information content (AvgIpc) is 3.28. The molecule has 1 aliphatic rings. The van der Waals surface area contributed by atoms with Crippen LogP contribution in [0.1, 0.15) is 11.1 Å². The van der Waals surface area contributed by atoms with E-state index in [0.717, 1.165) is 55.0 Å². The third-order valence-corrected chi connectivity index (χ3v) is 5.71.